The summed E-state index contributed by atoms with van der Waals surface area (Å²) in [5, 5.41) is 3.19. The molecule has 1 fully saturated rings. The van der Waals surface area contributed by atoms with Crippen LogP contribution in [0, 0.1) is 5.82 Å². The molecule has 1 N–H and O–H groups in total. The summed E-state index contributed by atoms with van der Waals surface area (Å²) in [6.07, 6.45) is 2.62. The maximum absolute atomic E-state index is 13.8. The van der Waals surface area contributed by atoms with Gasteiger partial charge in [0.25, 0.3) is 0 Å². The molecule has 0 aliphatic carbocycles. The predicted octanol–water partition coefficient (Wildman–Crippen LogP) is 2.20. The van der Waals surface area contributed by atoms with Crippen molar-refractivity contribution in [1.29, 1.82) is 0 Å². The number of rotatable bonds is 6. The fourth-order valence-electron chi connectivity index (χ4n) is 2.62. The summed E-state index contributed by atoms with van der Waals surface area (Å²) in [5.41, 5.74) is 0.726. The Bertz CT molecular complexity index is 393. The van der Waals surface area contributed by atoms with Gasteiger partial charge in [-0.05, 0) is 33.0 Å². The molecule has 1 aliphatic rings. The molecular weight excluding hydrogens is 243 g/mol. The lowest BCUT2D eigenvalue weighted by atomic mass is 10.1. The number of hydrogen-bond acceptors (Lipinski definition) is 3. The molecule has 0 aromatic heterocycles. The fraction of sp³-hybridized carbons (Fsp3) is 0.600. The number of nitrogens with one attached hydrogen (secondary N) is 1. The number of ether oxygens (including phenoxy) is 1. The molecule has 4 heteroatoms. The van der Waals surface area contributed by atoms with Gasteiger partial charge >= 0.3 is 0 Å². The van der Waals surface area contributed by atoms with Crippen molar-refractivity contribution in [3.63, 3.8) is 0 Å². The summed E-state index contributed by atoms with van der Waals surface area (Å²) in [6.45, 7) is 2.56. The van der Waals surface area contributed by atoms with Crippen LogP contribution in [0.4, 0.5) is 4.39 Å². The van der Waals surface area contributed by atoms with Gasteiger partial charge < -0.3 is 15.0 Å². The van der Waals surface area contributed by atoms with Crippen molar-refractivity contribution in [2.24, 2.45) is 0 Å². The Kier molecular flexibility index (Phi) is 5.31. The van der Waals surface area contributed by atoms with Crippen molar-refractivity contribution < 1.29 is 9.13 Å². The minimum atomic E-state index is -0.146. The third kappa shape index (κ3) is 4.00. The quantitative estimate of drug-likeness (QED) is 0.854. The topological polar surface area (TPSA) is 24.5 Å². The predicted molar refractivity (Wildman–Crippen MR) is 74.7 cm³/mol. The van der Waals surface area contributed by atoms with Crippen molar-refractivity contribution >= 4 is 0 Å². The summed E-state index contributed by atoms with van der Waals surface area (Å²) >= 11 is 0. The van der Waals surface area contributed by atoms with Gasteiger partial charge in [-0.2, -0.15) is 0 Å². The highest BCUT2D eigenvalue weighted by molar-refractivity contribution is 5.21. The van der Waals surface area contributed by atoms with Crippen LogP contribution in [-0.2, 0) is 4.74 Å². The van der Waals surface area contributed by atoms with Crippen LogP contribution in [0.1, 0.15) is 24.4 Å². The van der Waals surface area contributed by atoms with E-state index in [0.717, 1.165) is 38.1 Å². The van der Waals surface area contributed by atoms with Gasteiger partial charge in [0, 0.05) is 31.3 Å². The summed E-state index contributed by atoms with van der Waals surface area (Å²) < 4.78 is 19.4. The maximum Gasteiger partial charge on any atom is 0.128 e. The van der Waals surface area contributed by atoms with Gasteiger partial charge in [-0.1, -0.05) is 18.2 Å². The van der Waals surface area contributed by atoms with Crippen molar-refractivity contribution in [3.8, 4) is 0 Å². The molecule has 1 aromatic rings. The lowest BCUT2D eigenvalue weighted by Gasteiger charge is -2.26. The average molecular weight is 266 g/mol. The Morgan fingerprint density at radius 2 is 2.26 bits per heavy atom. The normalized spacial score (nSPS) is 20.9. The van der Waals surface area contributed by atoms with E-state index in [-0.39, 0.29) is 11.9 Å². The highest BCUT2D eigenvalue weighted by Crippen LogP contribution is 2.19. The number of nitrogens with zero attached hydrogens (tertiary/aromatic N) is 1. The lowest BCUT2D eigenvalue weighted by Crippen LogP contribution is -2.36. The zero-order valence-corrected chi connectivity index (χ0v) is 11.7. The molecule has 106 valence electrons. The van der Waals surface area contributed by atoms with Crippen LogP contribution in [0.25, 0.3) is 0 Å². The SMILES string of the molecule is CNC(CN(C)CC1CCCO1)c1ccccc1F. The van der Waals surface area contributed by atoms with Crippen LogP contribution in [0.15, 0.2) is 24.3 Å². The molecule has 0 saturated carbocycles. The van der Waals surface area contributed by atoms with Crippen molar-refractivity contribution in [1.82, 2.24) is 10.2 Å². The smallest absolute Gasteiger partial charge is 0.128 e. The third-order valence-electron chi connectivity index (χ3n) is 3.66. The van der Waals surface area contributed by atoms with Crippen LogP contribution in [0.2, 0.25) is 0 Å². The number of likely N-dealkylation sites (N-methyl/N-ethyl adjacent to an activating group) is 2. The molecule has 0 bridgehead atoms. The highest BCUT2D eigenvalue weighted by atomic mass is 19.1. The maximum atomic E-state index is 13.8. The van der Waals surface area contributed by atoms with E-state index in [0.29, 0.717) is 6.10 Å². The Balaban J connectivity index is 1.93. The molecule has 0 radical (unpaired) electrons. The van der Waals surface area contributed by atoms with E-state index in [1.54, 1.807) is 6.07 Å². The second-order valence-corrected chi connectivity index (χ2v) is 5.22. The van der Waals surface area contributed by atoms with Crippen molar-refractivity contribution in [2.45, 2.75) is 25.0 Å². The minimum absolute atomic E-state index is 0.00704. The van der Waals surface area contributed by atoms with Gasteiger partial charge in [0.2, 0.25) is 0 Å². The molecule has 2 atom stereocenters. The molecular formula is C15H23FN2O. The van der Waals surface area contributed by atoms with Gasteiger partial charge in [-0.25, -0.2) is 4.39 Å². The molecule has 1 aliphatic heterocycles. The van der Waals surface area contributed by atoms with Gasteiger partial charge in [0.05, 0.1) is 6.10 Å². The van der Waals surface area contributed by atoms with Crippen LogP contribution in [0.3, 0.4) is 0 Å². The average Bonchev–Trinajstić information content (AvgIpc) is 2.89. The third-order valence-corrected chi connectivity index (χ3v) is 3.66. The summed E-state index contributed by atoms with van der Waals surface area (Å²) in [6, 6.07) is 6.97. The van der Waals surface area contributed by atoms with Gasteiger partial charge in [-0.3, -0.25) is 0 Å². The van der Waals surface area contributed by atoms with Crippen molar-refractivity contribution in [3.05, 3.63) is 35.6 Å². The van der Waals surface area contributed by atoms with Crippen LogP contribution >= 0.6 is 0 Å². The highest BCUT2D eigenvalue weighted by Gasteiger charge is 2.20. The van der Waals surface area contributed by atoms with Crippen molar-refractivity contribution in [2.75, 3.05) is 33.8 Å². The van der Waals surface area contributed by atoms with Crippen LogP contribution < -0.4 is 5.32 Å². The van der Waals surface area contributed by atoms with Crippen LogP contribution in [0.5, 0.6) is 0 Å². The lowest BCUT2D eigenvalue weighted by molar-refractivity contribution is 0.0785. The number of benzene rings is 1. The van der Waals surface area contributed by atoms with Crippen LogP contribution in [-0.4, -0.2) is 44.8 Å². The van der Waals surface area contributed by atoms with E-state index in [1.165, 1.54) is 6.07 Å². The minimum Gasteiger partial charge on any atom is -0.377 e. The molecule has 0 spiro atoms. The van der Waals surface area contributed by atoms with E-state index in [2.05, 4.69) is 17.3 Å². The molecule has 1 heterocycles. The molecule has 19 heavy (non-hydrogen) atoms. The molecule has 2 rings (SSSR count). The number of hydrogen-bond donors (Lipinski definition) is 1. The first kappa shape index (κ1) is 14.4. The van der Waals surface area contributed by atoms with Gasteiger partial charge in [0.15, 0.2) is 0 Å². The zero-order chi connectivity index (χ0) is 13.7. The first-order valence-electron chi connectivity index (χ1n) is 6.92. The van der Waals surface area contributed by atoms with E-state index in [9.17, 15) is 4.39 Å². The second kappa shape index (κ2) is 6.98. The monoisotopic (exact) mass is 266 g/mol. The Labute approximate surface area is 114 Å². The van der Waals surface area contributed by atoms with E-state index < -0.39 is 0 Å². The Morgan fingerprint density at radius 3 is 2.89 bits per heavy atom. The van der Waals surface area contributed by atoms with Gasteiger partial charge in [0.1, 0.15) is 5.82 Å². The molecule has 0 amide bonds. The van der Waals surface area contributed by atoms with Gasteiger partial charge in [-0.15, -0.1) is 0 Å². The second-order valence-electron chi connectivity index (χ2n) is 5.22. The van der Waals surface area contributed by atoms with E-state index in [4.69, 9.17) is 4.74 Å². The Morgan fingerprint density at radius 1 is 1.47 bits per heavy atom. The van der Waals surface area contributed by atoms with E-state index in [1.807, 2.05) is 19.2 Å². The number of halogens is 1. The summed E-state index contributed by atoms with van der Waals surface area (Å²) in [7, 11) is 3.93. The largest absolute Gasteiger partial charge is 0.377 e. The fourth-order valence-corrected chi connectivity index (χ4v) is 2.62. The summed E-state index contributed by atoms with van der Waals surface area (Å²) in [4.78, 5) is 2.21. The molecule has 3 nitrogen and oxygen atoms in total. The molecule has 2 unspecified atom stereocenters. The molecule has 1 saturated heterocycles. The Hall–Kier alpha value is -0.970. The zero-order valence-electron chi connectivity index (χ0n) is 11.7. The summed E-state index contributed by atoms with van der Waals surface area (Å²) in [5.74, 6) is -0.146. The van der Waals surface area contributed by atoms with E-state index >= 15 is 0 Å². The first-order chi connectivity index (χ1) is 9.20. The first-order valence-corrected chi connectivity index (χ1v) is 6.92. The molecule has 1 aromatic carbocycles. The standard InChI is InChI=1S/C15H23FN2O/c1-17-15(13-7-3-4-8-14(13)16)11-18(2)10-12-6-5-9-19-12/h3-4,7-8,12,15,17H,5-6,9-11H2,1-2H3.